The van der Waals surface area contributed by atoms with E-state index in [0.29, 0.717) is 6.42 Å². The number of hydrogen-bond donors (Lipinski definition) is 2. The summed E-state index contributed by atoms with van der Waals surface area (Å²) >= 11 is 2.06. The molecular formula is C17H26N2OS. The Kier molecular flexibility index (Phi) is 7.10. The van der Waals surface area contributed by atoms with E-state index >= 15 is 0 Å². The van der Waals surface area contributed by atoms with Gasteiger partial charge in [-0.1, -0.05) is 25.0 Å². The molecule has 0 bridgehead atoms. The minimum absolute atomic E-state index is 0.103. The first-order valence-electron chi connectivity index (χ1n) is 7.93. The molecule has 0 atom stereocenters. The molecular weight excluding hydrogens is 280 g/mol. The van der Waals surface area contributed by atoms with Crippen LogP contribution in [0.4, 0.5) is 5.69 Å². The van der Waals surface area contributed by atoms with Crippen molar-refractivity contribution in [3.05, 3.63) is 29.8 Å². The zero-order valence-electron chi connectivity index (χ0n) is 12.9. The van der Waals surface area contributed by atoms with Crippen LogP contribution in [0.5, 0.6) is 0 Å². The molecule has 1 aromatic rings. The van der Waals surface area contributed by atoms with Crippen LogP contribution in [-0.2, 0) is 10.5 Å². The van der Waals surface area contributed by atoms with Crippen molar-refractivity contribution < 1.29 is 4.79 Å². The van der Waals surface area contributed by atoms with Crippen molar-refractivity contribution in [1.82, 2.24) is 5.32 Å². The molecule has 21 heavy (non-hydrogen) atoms. The van der Waals surface area contributed by atoms with Crippen molar-refractivity contribution in [3.8, 4) is 0 Å². The maximum atomic E-state index is 11.8. The molecule has 2 N–H and O–H groups in total. The Labute approximate surface area is 132 Å². The highest BCUT2D eigenvalue weighted by molar-refractivity contribution is 7.99. The molecule has 0 heterocycles. The number of carbonyl (C=O) groups excluding carboxylic acids is 1. The van der Waals surface area contributed by atoms with Gasteiger partial charge in [0.2, 0.25) is 5.91 Å². The van der Waals surface area contributed by atoms with Gasteiger partial charge in [-0.05, 0) is 50.6 Å². The van der Waals surface area contributed by atoms with Gasteiger partial charge in [0.05, 0.1) is 0 Å². The summed E-state index contributed by atoms with van der Waals surface area (Å²) in [5, 5.41) is 6.89. The number of carbonyl (C=O) groups is 1. The van der Waals surface area contributed by atoms with Crippen LogP contribution in [0.25, 0.3) is 0 Å². The van der Waals surface area contributed by atoms with E-state index in [-0.39, 0.29) is 5.91 Å². The third kappa shape index (κ3) is 6.10. The van der Waals surface area contributed by atoms with Gasteiger partial charge >= 0.3 is 0 Å². The van der Waals surface area contributed by atoms with Crippen molar-refractivity contribution in [1.29, 1.82) is 0 Å². The molecule has 4 heteroatoms. The van der Waals surface area contributed by atoms with Gasteiger partial charge in [-0.25, -0.2) is 0 Å². The summed E-state index contributed by atoms with van der Waals surface area (Å²) in [7, 11) is 1.91. The Morgan fingerprint density at radius 2 is 2.14 bits per heavy atom. The van der Waals surface area contributed by atoms with Gasteiger partial charge < -0.3 is 10.6 Å². The van der Waals surface area contributed by atoms with Gasteiger partial charge in [0, 0.05) is 23.1 Å². The zero-order chi connectivity index (χ0) is 14.9. The zero-order valence-corrected chi connectivity index (χ0v) is 13.7. The molecule has 0 spiro atoms. The lowest BCUT2D eigenvalue weighted by molar-refractivity contribution is -0.116. The molecule has 0 saturated heterocycles. The average Bonchev–Trinajstić information content (AvgIpc) is 2.99. The minimum Gasteiger partial charge on any atom is -0.326 e. The van der Waals surface area contributed by atoms with Gasteiger partial charge in [-0.2, -0.15) is 11.8 Å². The van der Waals surface area contributed by atoms with E-state index in [2.05, 4.69) is 34.5 Å². The van der Waals surface area contributed by atoms with Gasteiger partial charge in [0.25, 0.3) is 0 Å². The second-order valence-corrected chi connectivity index (χ2v) is 6.96. The summed E-state index contributed by atoms with van der Waals surface area (Å²) < 4.78 is 0. The second-order valence-electron chi connectivity index (χ2n) is 5.67. The first-order chi connectivity index (χ1) is 10.3. The fourth-order valence-electron chi connectivity index (χ4n) is 2.66. The fraction of sp³-hybridized carbons (Fsp3) is 0.588. The fourth-order valence-corrected chi connectivity index (χ4v) is 3.93. The van der Waals surface area contributed by atoms with Crippen molar-refractivity contribution in [2.75, 3.05) is 18.9 Å². The maximum absolute atomic E-state index is 11.8. The van der Waals surface area contributed by atoms with Crippen molar-refractivity contribution >= 4 is 23.4 Å². The largest absolute Gasteiger partial charge is 0.326 e. The van der Waals surface area contributed by atoms with E-state index < -0.39 is 0 Å². The summed E-state index contributed by atoms with van der Waals surface area (Å²) in [4.78, 5) is 11.8. The molecule has 1 amide bonds. The Hall–Kier alpha value is -1.00. The topological polar surface area (TPSA) is 41.1 Å². The number of hydrogen-bond acceptors (Lipinski definition) is 3. The summed E-state index contributed by atoms with van der Waals surface area (Å²) in [5.74, 6) is 1.15. The highest BCUT2D eigenvalue weighted by Crippen LogP contribution is 2.31. The molecule has 3 nitrogen and oxygen atoms in total. The number of amides is 1. The lowest BCUT2D eigenvalue weighted by atomic mass is 10.2. The number of rotatable bonds is 8. The third-order valence-electron chi connectivity index (χ3n) is 3.83. The molecule has 0 aliphatic heterocycles. The van der Waals surface area contributed by atoms with Crippen LogP contribution < -0.4 is 10.6 Å². The smallest absolute Gasteiger partial charge is 0.224 e. The highest BCUT2D eigenvalue weighted by atomic mass is 32.2. The Morgan fingerprint density at radius 1 is 1.33 bits per heavy atom. The standard InChI is InChI=1S/C17H26N2OS/c1-18-11-5-10-17(20)19-15-7-4-6-14(12-15)13-21-16-8-2-3-9-16/h4,6-7,12,16,18H,2-3,5,8-11,13H2,1H3,(H,19,20). The molecule has 0 radical (unpaired) electrons. The number of benzene rings is 1. The van der Waals surface area contributed by atoms with E-state index in [1.54, 1.807) is 0 Å². The normalized spacial score (nSPS) is 15.3. The molecule has 1 aliphatic carbocycles. The number of thioether (sulfide) groups is 1. The van der Waals surface area contributed by atoms with Crippen molar-refractivity contribution in [3.63, 3.8) is 0 Å². The van der Waals surface area contributed by atoms with Crippen LogP contribution in [0.15, 0.2) is 24.3 Å². The van der Waals surface area contributed by atoms with E-state index in [4.69, 9.17) is 0 Å². The number of nitrogens with one attached hydrogen (secondary N) is 2. The molecule has 0 unspecified atom stereocenters. The summed E-state index contributed by atoms with van der Waals surface area (Å²) in [5.41, 5.74) is 2.23. The molecule has 1 fully saturated rings. The van der Waals surface area contributed by atoms with E-state index in [1.165, 1.54) is 31.2 Å². The van der Waals surface area contributed by atoms with Gasteiger partial charge in [0.15, 0.2) is 0 Å². The molecule has 1 aromatic carbocycles. The predicted octanol–water partition coefficient (Wildman–Crippen LogP) is 3.80. The van der Waals surface area contributed by atoms with E-state index in [0.717, 1.165) is 29.7 Å². The summed E-state index contributed by atoms with van der Waals surface area (Å²) in [6.07, 6.45) is 6.96. The highest BCUT2D eigenvalue weighted by Gasteiger charge is 2.15. The van der Waals surface area contributed by atoms with Crippen LogP contribution in [0, 0.1) is 0 Å². The first kappa shape index (κ1) is 16.4. The van der Waals surface area contributed by atoms with Crippen LogP contribution >= 0.6 is 11.8 Å². The predicted molar refractivity (Wildman–Crippen MR) is 91.8 cm³/mol. The Balaban J connectivity index is 1.78. The molecule has 0 aromatic heterocycles. The van der Waals surface area contributed by atoms with E-state index in [1.807, 2.05) is 19.2 Å². The number of anilines is 1. The Morgan fingerprint density at radius 3 is 2.90 bits per heavy atom. The summed E-state index contributed by atoms with van der Waals surface area (Å²) in [6, 6.07) is 8.27. The third-order valence-corrected chi connectivity index (χ3v) is 5.27. The summed E-state index contributed by atoms with van der Waals surface area (Å²) in [6.45, 7) is 0.880. The van der Waals surface area contributed by atoms with Gasteiger partial charge in [-0.3, -0.25) is 4.79 Å². The quantitative estimate of drug-likeness (QED) is 0.718. The van der Waals surface area contributed by atoms with Crippen LogP contribution in [0.2, 0.25) is 0 Å². The van der Waals surface area contributed by atoms with E-state index in [9.17, 15) is 4.79 Å². The SMILES string of the molecule is CNCCCC(=O)Nc1cccc(CSC2CCCC2)c1. The molecule has 1 saturated carbocycles. The van der Waals surface area contributed by atoms with Gasteiger partial charge in [0.1, 0.15) is 0 Å². The molecule has 116 valence electrons. The second kappa shape index (κ2) is 9.11. The molecule has 1 aliphatic rings. The van der Waals surface area contributed by atoms with Crippen molar-refractivity contribution in [2.45, 2.75) is 49.5 Å². The van der Waals surface area contributed by atoms with Crippen LogP contribution in [0.3, 0.4) is 0 Å². The monoisotopic (exact) mass is 306 g/mol. The molecule has 2 rings (SSSR count). The lowest BCUT2D eigenvalue weighted by Crippen LogP contribution is -2.15. The van der Waals surface area contributed by atoms with Crippen molar-refractivity contribution in [2.24, 2.45) is 0 Å². The lowest BCUT2D eigenvalue weighted by Gasteiger charge is -2.10. The minimum atomic E-state index is 0.103. The van der Waals surface area contributed by atoms with Crippen LogP contribution in [-0.4, -0.2) is 24.7 Å². The first-order valence-corrected chi connectivity index (χ1v) is 8.98. The average molecular weight is 306 g/mol. The van der Waals surface area contributed by atoms with Crippen LogP contribution in [0.1, 0.15) is 44.1 Å². The van der Waals surface area contributed by atoms with Gasteiger partial charge in [-0.15, -0.1) is 0 Å². The Bertz CT molecular complexity index is 444. The maximum Gasteiger partial charge on any atom is 0.224 e.